The Kier molecular flexibility index (Phi) is 5.41. The van der Waals surface area contributed by atoms with Gasteiger partial charge in [0.2, 0.25) is 0 Å². The van der Waals surface area contributed by atoms with Crippen LogP contribution in [0.25, 0.3) is 0 Å². The largest absolute Gasteiger partial charge is 0.492 e. The molecular weight excluding hydrogens is 290 g/mol. The number of carbonyl (C=O) groups excluding carboxylic acids is 1. The summed E-state index contributed by atoms with van der Waals surface area (Å²) in [5, 5.41) is 2.14. The normalized spacial score (nSPS) is 12.9. The minimum absolute atomic E-state index is 0.00695. The van der Waals surface area contributed by atoms with Gasteiger partial charge in [-0.2, -0.15) is 13.2 Å². The molecule has 0 bridgehead atoms. The Morgan fingerprint density at radius 3 is 2.37 bits per heavy atom. The molecule has 1 aromatic rings. The number of hydrogen-bond acceptors (Lipinski definition) is 2. The van der Waals surface area contributed by atoms with Crippen molar-refractivity contribution >= 4 is 17.5 Å². The van der Waals surface area contributed by atoms with Gasteiger partial charge in [0.25, 0.3) is 11.5 Å². The first-order valence-corrected chi connectivity index (χ1v) is 5.60. The van der Waals surface area contributed by atoms with Crippen molar-refractivity contribution in [3.63, 3.8) is 0 Å². The molecule has 1 unspecified atom stereocenters. The van der Waals surface area contributed by atoms with Crippen LogP contribution in [0.1, 0.15) is 5.56 Å². The van der Waals surface area contributed by atoms with Gasteiger partial charge in [0.15, 0.2) is 0 Å². The van der Waals surface area contributed by atoms with Crippen LogP contribution in [0.5, 0.6) is 5.75 Å². The molecule has 1 aromatic carbocycles. The topological polar surface area (TPSA) is 38.3 Å². The molecule has 0 heterocycles. The van der Waals surface area contributed by atoms with E-state index in [1.165, 1.54) is 0 Å². The first kappa shape index (κ1) is 15.6. The minimum Gasteiger partial charge on any atom is -0.492 e. The van der Waals surface area contributed by atoms with Crippen LogP contribution in [0.2, 0.25) is 0 Å². The van der Waals surface area contributed by atoms with Crippen LogP contribution in [-0.4, -0.2) is 24.7 Å². The van der Waals surface area contributed by atoms with E-state index < -0.39 is 23.3 Å². The van der Waals surface area contributed by atoms with E-state index in [9.17, 15) is 22.4 Å². The van der Waals surface area contributed by atoms with Gasteiger partial charge in [-0.05, 0) is 24.3 Å². The minimum atomic E-state index is -4.40. The number of hydrogen-bond donors (Lipinski definition) is 1. The highest BCUT2D eigenvalue weighted by atomic mass is 35.5. The number of alkyl halides is 5. The van der Waals surface area contributed by atoms with Crippen LogP contribution in [0.3, 0.4) is 0 Å². The predicted molar refractivity (Wildman–Crippen MR) is 60.7 cm³/mol. The average molecular weight is 300 g/mol. The molecule has 0 aromatic heterocycles. The number of carbonyl (C=O) groups is 1. The Morgan fingerprint density at radius 2 is 1.89 bits per heavy atom. The predicted octanol–water partition coefficient (Wildman–Crippen LogP) is 2.73. The Bertz CT molecular complexity index is 420. The highest BCUT2D eigenvalue weighted by molar-refractivity contribution is 6.29. The zero-order valence-electron chi connectivity index (χ0n) is 9.51. The van der Waals surface area contributed by atoms with E-state index in [0.717, 1.165) is 24.3 Å². The maximum Gasteiger partial charge on any atom is 0.416 e. The van der Waals surface area contributed by atoms with Crippen LogP contribution in [0.4, 0.5) is 17.6 Å². The van der Waals surface area contributed by atoms with E-state index in [1.807, 2.05) is 0 Å². The number of amides is 1. The molecule has 1 atom stereocenters. The Balaban J connectivity index is 2.37. The number of benzene rings is 1. The second kappa shape index (κ2) is 6.60. The van der Waals surface area contributed by atoms with Gasteiger partial charge in [-0.25, -0.2) is 4.39 Å². The smallest absolute Gasteiger partial charge is 0.416 e. The van der Waals surface area contributed by atoms with E-state index in [-0.39, 0.29) is 18.9 Å². The third-order valence-corrected chi connectivity index (χ3v) is 2.25. The zero-order valence-corrected chi connectivity index (χ0v) is 10.3. The van der Waals surface area contributed by atoms with Crippen molar-refractivity contribution in [3.8, 4) is 5.75 Å². The van der Waals surface area contributed by atoms with Crippen LogP contribution in [0.15, 0.2) is 24.3 Å². The lowest BCUT2D eigenvalue weighted by atomic mass is 10.2. The van der Waals surface area contributed by atoms with Gasteiger partial charge in [0, 0.05) is 0 Å². The Hall–Kier alpha value is -1.50. The molecule has 0 aliphatic heterocycles. The van der Waals surface area contributed by atoms with Gasteiger partial charge >= 0.3 is 6.18 Å². The fourth-order valence-corrected chi connectivity index (χ4v) is 1.24. The Morgan fingerprint density at radius 1 is 1.32 bits per heavy atom. The Labute approximate surface area is 111 Å². The fraction of sp³-hybridized carbons (Fsp3) is 0.364. The summed E-state index contributed by atoms with van der Waals surface area (Å²) >= 11 is 4.86. The zero-order chi connectivity index (χ0) is 14.5. The summed E-state index contributed by atoms with van der Waals surface area (Å²) in [5.74, 6) is -0.775. The highest BCUT2D eigenvalue weighted by Gasteiger charge is 2.29. The van der Waals surface area contributed by atoms with Crippen molar-refractivity contribution in [2.75, 3.05) is 13.2 Å². The fourth-order valence-electron chi connectivity index (χ4n) is 1.16. The first-order chi connectivity index (χ1) is 8.80. The van der Waals surface area contributed by atoms with Crippen LogP contribution < -0.4 is 10.1 Å². The number of ether oxygens (including phenoxy) is 1. The second-order valence-electron chi connectivity index (χ2n) is 3.46. The van der Waals surface area contributed by atoms with Gasteiger partial charge in [-0.3, -0.25) is 4.79 Å². The van der Waals surface area contributed by atoms with Gasteiger partial charge in [0.05, 0.1) is 12.1 Å². The van der Waals surface area contributed by atoms with Gasteiger partial charge < -0.3 is 10.1 Å². The molecular formula is C11H10ClF4NO2. The molecule has 0 aliphatic rings. The summed E-state index contributed by atoms with van der Waals surface area (Å²) in [6.45, 7) is -0.0201. The van der Waals surface area contributed by atoms with E-state index in [0.29, 0.717) is 0 Å². The van der Waals surface area contributed by atoms with Crippen molar-refractivity contribution in [2.24, 2.45) is 0 Å². The molecule has 0 spiro atoms. The number of nitrogens with one attached hydrogen (secondary N) is 1. The van der Waals surface area contributed by atoms with Gasteiger partial charge in [-0.1, -0.05) is 11.6 Å². The lowest BCUT2D eigenvalue weighted by Gasteiger charge is -2.09. The van der Waals surface area contributed by atoms with Crippen LogP contribution in [0, 0.1) is 0 Å². The molecule has 106 valence electrons. The monoisotopic (exact) mass is 299 g/mol. The molecule has 0 fully saturated rings. The number of rotatable bonds is 5. The molecule has 0 aliphatic carbocycles. The molecule has 0 radical (unpaired) electrons. The van der Waals surface area contributed by atoms with Crippen molar-refractivity contribution in [2.45, 2.75) is 11.8 Å². The molecule has 0 saturated heterocycles. The van der Waals surface area contributed by atoms with Crippen LogP contribution >= 0.6 is 11.6 Å². The van der Waals surface area contributed by atoms with Crippen molar-refractivity contribution < 1.29 is 27.1 Å². The quantitative estimate of drug-likeness (QED) is 0.516. The maximum atomic E-state index is 12.3. The average Bonchev–Trinajstić information content (AvgIpc) is 2.33. The third-order valence-electron chi connectivity index (χ3n) is 2.05. The summed E-state index contributed by atoms with van der Waals surface area (Å²) in [6, 6.07) is 4.07. The molecule has 1 amide bonds. The second-order valence-corrected chi connectivity index (χ2v) is 3.85. The van der Waals surface area contributed by atoms with E-state index >= 15 is 0 Å². The summed E-state index contributed by atoms with van der Waals surface area (Å²) in [6.07, 6.45) is -4.40. The lowest BCUT2D eigenvalue weighted by Crippen LogP contribution is -2.32. The third kappa shape index (κ3) is 5.34. The summed E-state index contributed by atoms with van der Waals surface area (Å²) in [5.41, 5.74) is -2.92. The van der Waals surface area contributed by atoms with Crippen molar-refractivity contribution in [1.29, 1.82) is 0 Å². The summed E-state index contributed by atoms with van der Waals surface area (Å²) in [7, 11) is 0. The molecule has 1 N–H and O–H groups in total. The van der Waals surface area contributed by atoms with Crippen LogP contribution in [-0.2, 0) is 11.0 Å². The summed E-state index contributed by atoms with van der Waals surface area (Å²) in [4.78, 5) is 10.7. The lowest BCUT2D eigenvalue weighted by molar-refractivity contribution is -0.137. The number of halogens is 5. The molecule has 0 saturated carbocycles. The maximum absolute atomic E-state index is 12.3. The molecule has 3 nitrogen and oxygen atoms in total. The summed E-state index contributed by atoms with van der Waals surface area (Å²) < 4.78 is 54.0. The van der Waals surface area contributed by atoms with E-state index in [4.69, 9.17) is 16.3 Å². The molecule has 1 rings (SSSR count). The molecule has 19 heavy (non-hydrogen) atoms. The van der Waals surface area contributed by atoms with Crippen molar-refractivity contribution in [1.82, 2.24) is 5.32 Å². The van der Waals surface area contributed by atoms with Gasteiger partial charge in [-0.15, -0.1) is 0 Å². The van der Waals surface area contributed by atoms with E-state index in [2.05, 4.69) is 5.32 Å². The van der Waals surface area contributed by atoms with E-state index in [1.54, 1.807) is 0 Å². The first-order valence-electron chi connectivity index (χ1n) is 5.16. The highest BCUT2D eigenvalue weighted by Crippen LogP contribution is 2.30. The standard InChI is InChI=1S/C11H10ClF4NO2/c12-9(13)10(18)17-5-6-19-8-3-1-7(2-4-8)11(14,15)16/h1-4,9H,5-6H2,(H,17,18). The van der Waals surface area contributed by atoms with Crippen molar-refractivity contribution in [3.05, 3.63) is 29.8 Å². The molecule has 8 heteroatoms. The SMILES string of the molecule is O=C(NCCOc1ccc(C(F)(F)F)cc1)C(F)Cl. The van der Waals surface area contributed by atoms with Gasteiger partial charge in [0.1, 0.15) is 12.4 Å².